The predicted octanol–water partition coefficient (Wildman–Crippen LogP) is -0.0779. The molecule has 1 aromatic carbocycles. The smallest absolute Gasteiger partial charge is 0.323 e. The van der Waals surface area contributed by atoms with Crippen LogP contribution in [0.3, 0.4) is 0 Å². The Morgan fingerprint density at radius 1 is 1.35 bits per heavy atom. The number of benzene rings is 1. The van der Waals surface area contributed by atoms with Gasteiger partial charge in [-0.05, 0) is 18.5 Å². The van der Waals surface area contributed by atoms with Crippen LogP contribution < -0.4 is 16.8 Å². The maximum absolute atomic E-state index is 11.1. The van der Waals surface area contributed by atoms with Gasteiger partial charge in [-0.3, -0.25) is 4.79 Å². The molecule has 112 valence electrons. The van der Waals surface area contributed by atoms with Gasteiger partial charge in [-0.1, -0.05) is 30.3 Å². The quantitative estimate of drug-likeness (QED) is 0.477. The van der Waals surface area contributed by atoms with Crippen molar-refractivity contribution in [2.75, 3.05) is 19.7 Å². The van der Waals surface area contributed by atoms with Crippen LogP contribution >= 0.6 is 0 Å². The average Bonchev–Trinajstić information content (AvgIpc) is 2.43. The van der Waals surface area contributed by atoms with E-state index in [1.807, 2.05) is 30.3 Å². The number of rotatable bonds is 10. The molecule has 2 atom stereocenters. The van der Waals surface area contributed by atoms with E-state index in [1.165, 1.54) is 0 Å². The molecule has 0 amide bonds. The summed E-state index contributed by atoms with van der Waals surface area (Å²) in [6.07, 6.45) is 0.657. The first-order valence-electron chi connectivity index (χ1n) is 6.67. The van der Waals surface area contributed by atoms with Crippen molar-refractivity contribution in [2.45, 2.75) is 25.1 Å². The van der Waals surface area contributed by atoms with Crippen LogP contribution in [0.15, 0.2) is 30.3 Å². The zero-order valence-corrected chi connectivity index (χ0v) is 11.5. The van der Waals surface area contributed by atoms with Gasteiger partial charge in [0.2, 0.25) is 0 Å². The summed E-state index contributed by atoms with van der Waals surface area (Å²) >= 11 is 0. The van der Waals surface area contributed by atoms with E-state index >= 15 is 0 Å². The van der Waals surface area contributed by atoms with Gasteiger partial charge < -0.3 is 26.6 Å². The van der Waals surface area contributed by atoms with Crippen molar-refractivity contribution < 1.29 is 14.6 Å². The molecule has 0 bridgehead atoms. The highest BCUT2D eigenvalue weighted by Gasteiger charge is 2.17. The highest BCUT2D eigenvalue weighted by atomic mass is 16.5. The van der Waals surface area contributed by atoms with E-state index in [0.717, 1.165) is 5.56 Å². The summed E-state index contributed by atoms with van der Waals surface area (Å²) in [4.78, 5) is 11.1. The van der Waals surface area contributed by atoms with Crippen molar-refractivity contribution in [1.82, 2.24) is 5.32 Å². The van der Waals surface area contributed by atoms with E-state index in [1.54, 1.807) is 0 Å². The Kier molecular flexibility index (Phi) is 7.82. The Morgan fingerprint density at radius 2 is 2.05 bits per heavy atom. The first kappa shape index (κ1) is 16.6. The standard InChI is InChI=1S/C14H23N3O3/c15-7-6-12(16)8-17-13(14(18)19)10-20-9-11-4-2-1-3-5-11/h1-5,12-13,17H,6-10,15-16H2,(H,18,19). The Bertz CT molecular complexity index is 387. The fraction of sp³-hybridized carbons (Fsp3) is 0.500. The molecule has 0 aliphatic carbocycles. The number of hydrogen-bond acceptors (Lipinski definition) is 5. The fourth-order valence-electron chi connectivity index (χ4n) is 1.70. The van der Waals surface area contributed by atoms with Crippen LogP contribution in [0.25, 0.3) is 0 Å². The van der Waals surface area contributed by atoms with Crippen LogP contribution in [0.1, 0.15) is 12.0 Å². The lowest BCUT2D eigenvalue weighted by atomic mass is 10.2. The summed E-state index contributed by atoms with van der Waals surface area (Å²) in [6.45, 7) is 1.38. The number of carboxylic acid groups (broad SMARTS) is 1. The Labute approximate surface area is 119 Å². The van der Waals surface area contributed by atoms with Crippen molar-refractivity contribution in [2.24, 2.45) is 11.5 Å². The SMILES string of the molecule is NCCC(N)CNC(COCc1ccccc1)C(=O)O. The summed E-state index contributed by atoms with van der Waals surface area (Å²) < 4.78 is 5.43. The molecule has 20 heavy (non-hydrogen) atoms. The monoisotopic (exact) mass is 281 g/mol. The molecule has 1 aromatic rings. The lowest BCUT2D eigenvalue weighted by Crippen LogP contribution is -2.46. The van der Waals surface area contributed by atoms with Crippen LogP contribution in [0.5, 0.6) is 0 Å². The van der Waals surface area contributed by atoms with Crippen molar-refractivity contribution in [3.05, 3.63) is 35.9 Å². The van der Waals surface area contributed by atoms with Crippen molar-refractivity contribution in [3.63, 3.8) is 0 Å². The summed E-state index contributed by atoms with van der Waals surface area (Å²) in [5, 5.41) is 12.0. The highest BCUT2D eigenvalue weighted by molar-refractivity contribution is 5.73. The van der Waals surface area contributed by atoms with Gasteiger partial charge in [0, 0.05) is 12.6 Å². The van der Waals surface area contributed by atoms with E-state index in [0.29, 0.717) is 26.1 Å². The number of nitrogens with two attached hydrogens (primary N) is 2. The molecule has 0 fully saturated rings. The third kappa shape index (κ3) is 6.63. The van der Waals surface area contributed by atoms with E-state index in [2.05, 4.69) is 5.32 Å². The number of carbonyl (C=O) groups is 1. The topological polar surface area (TPSA) is 111 Å². The van der Waals surface area contributed by atoms with Gasteiger partial charge in [-0.25, -0.2) is 0 Å². The first-order valence-corrected chi connectivity index (χ1v) is 6.67. The molecule has 1 rings (SSSR count). The molecule has 0 aliphatic rings. The minimum Gasteiger partial charge on any atom is -0.480 e. The Balaban J connectivity index is 2.30. The van der Waals surface area contributed by atoms with Crippen LogP contribution in [0.2, 0.25) is 0 Å². The zero-order valence-electron chi connectivity index (χ0n) is 11.5. The minimum atomic E-state index is -0.946. The molecule has 0 radical (unpaired) electrons. The van der Waals surface area contributed by atoms with Crippen LogP contribution in [-0.4, -0.2) is 42.9 Å². The van der Waals surface area contributed by atoms with Crippen LogP contribution in [0.4, 0.5) is 0 Å². The third-order valence-corrected chi connectivity index (χ3v) is 2.86. The van der Waals surface area contributed by atoms with Gasteiger partial charge in [0.1, 0.15) is 6.04 Å². The van der Waals surface area contributed by atoms with Gasteiger partial charge in [0.15, 0.2) is 0 Å². The molecule has 0 heterocycles. The van der Waals surface area contributed by atoms with E-state index in [4.69, 9.17) is 21.3 Å². The predicted molar refractivity (Wildman–Crippen MR) is 77.2 cm³/mol. The average molecular weight is 281 g/mol. The van der Waals surface area contributed by atoms with E-state index in [9.17, 15) is 4.79 Å². The molecular weight excluding hydrogens is 258 g/mol. The second-order valence-corrected chi connectivity index (χ2v) is 4.64. The molecule has 0 aromatic heterocycles. The molecule has 2 unspecified atom stereocenters. The van der Waals surface area contributed by atoms with Gasteiger partial charge >= 0.3 is 5.97 Å². The highest BCUT2D eigenvalue weighted by Crippen LogP contribution is 2.01. The maximum Gasteiger partial charge on any atom is 0.323 e. The van der Waals surface area contributed by atoms with Crippen molar-refractivity contribution >= 4 is 5.97 Å². The number of nitrogens with one attached hydrogen (secondary N) is 1. The number of carboxylic acids is 1. The summed E-state index contributed by atoms with van der Waals surface area (Å²) in [5.74, 6) is -0.946. The second-order valence-electron chi connectivity index (χ2n) is 4.64. The maximum atomic E-state index is 11.1. The molecule has 0 saturated carbocycles. The van der Waals surface area contributed by atoms with E-state index < -0.39 is 12.0 Å². The number of ether oxygens (including phenoxy) is 1. The zero-order chi connectivity index (χ0) is 14.8. The lowest BCUT2D eigenvalue weighted by Gasteiger charge is -2.17. The van der Waals surface area contributed by atoms with Crippen molar-refractivity contribution in [3.8, 4) is 0 Å². The fourth-order valence-corrected chi connectivity index (χ4v) is 1.70. The minimum absolute atomic E-state index is 0.0968. The molecule has 6 heteroatoms. The number of aliphatic carboxylic acids is 1. The third-order valence-electron chi connectivity index (χ3n) is 2.86. The molecule has 6 nitrogen and oxygen atoms in total. The largest absolute Gasteiger partial charge is 0.480 e. The van der Waals surface area contributed by atoms with Crippen molar-refractivity contribution in [1.29, 1.82) is 0 Å². The molecule has 6 N–H and O–H groups in total. The summed E-state index contributed by atoms with van der Waals surface area (Å²) in [7, 11) is 0. The molecular formula is C14H23N3O3. The van der Waals surface area contributed by atoms with Gasteiger partial charge in [-0.2, -0.15) is 0 Å². The first-order chi connectivity index (χ1) is 9.63. The van der Waals surface area contributed by atoms with Crippen LogP contribution in [-0.2, 0) is 16.1 Å². The summed E-state index contributed by atoms with van der Waals surface area (Å²) in [5.41, 5.74) is 12.2. The van der Waals surface area contributed by atoms with E-state index in [-0.39, 0.29) is 12.6 Å². The second kappa shape index (κ2) is 9.44. The number of hydrogen-bond donors (Lipinski definition) is 4. The Hall–Kier alpha value is -1.47. The van der Waals surface area contributed by atoms with Gasteiger partial charge in [-0.15, -0.1) is 0 Å². The van der Waals surface area contributed by atoms with Crippen LogP contribution in [0, 0.1) is 0 Å². The molecule has 0 aliphatic heterocycles. The normalized spacial score (nSPS) is 13.9. The Morgan fingerprint density at radius 3 is 2.65 bits per heavy atom. The van der Waals surface area contributed by atoms with Gasteiger partial charge in [0.25, 0.3) is 0 Å². The van der Waals surface area contributed by atoms with Gasteiger partial charge in [0.05, 0.1) is 13.2 Å². The lowest BCUT2D eigenvalue weighted by molar-refractivity contribution is -0.141. The molecule has 0 saturated heterocycles. The molecule has 0 spiro atoms. The summed E-state index contributed by atoms with van der Waals surface area (Å²) in [6, 6.07) is 8.71.